The number of halogens is 1. The number of hydrogen-bond acceptors (Lipinski definition) is 3. The van der Waals surface area contributed by atoms with Gasteiger partial charge in [0.15, 0.2) is 11.4 Å². The molecule has 2 aliphatic rings. The largest absolute Gasteiger partial charge is 0.461 e. The number of fused-ring (bicyclic) bond motifs is 1. The van der Waals surface area contributed by atoms with E-state index in [-0.39, 0.29) is 5.82 Å². The summed E-state index contributed by atoms with van der Waals surface area (Å²) in [6.45, 7) is 3.51. The lowest BCUT2D eigenvalue weighted by Crippen LogP contribution is -2.35. The molecule has 1 aliphatic carbocycles. The fourth-order valence-corrected chi connectivity index (χ4v) is 4.72. The van der Waals surface area contributed by atoms with E-state index in [4.69, 9.17) is 10.2 Å². The van der Waals surface area contributed by atoms with Gasteiger partial charge in [-0.2, -0.15) is 0 Å². The summed E-state index contributed by atoms with van der Waals surface area (Å²) in [5, 5.41) is 0.956. The van der Waals surface area contributed by atoms with Crippen molar-refractivity contribution in [2.45, 2.75) is 56.9 Å². The monoisotopic (exact) mass is 344 g/mol. The van der Waals surface area contributed by atoms with Gasteiger partial charge in [-0.05, 0) is 94.1 Å². The molecule has 0 atom stereocenters. The van der Waals surface area contributed by atoms with Crippen molar-refractivity contribution in [3.8, 4) is 0 Å². The van der Waals surface area contributed by atoms with Gasteiger partial charge < -0.3 is 15.1 Å². The first kappa shape index (κ1) is 17.0. The third kappa shape index (κ3) is 3.75. The highest BCUT2D eigenvalue weighted by molar-refractivity contribution is 5.82. The van der Waals surface area contributed by atoms with Gasteiger partial charge in [0.05, 0.1) is 6.26 Å². The van der Waals surface area contributed by atoms with Crippen LogP contribution in [0.4, 0.5) is 4.39 Å². The predicted octanol–water partition coefficient (Wildman–Crippen LogP) is 4.66. The van der Waals surface area contributed by atoms with Gasteiger partial charge in [-0.15, -0.1) is 0 Å². The van der Waals surface area contributed by atoms with E-state index in [1.54, 1.807) is 12.3 Å². The van der Waals surface area contributed by atoms with E-state index < -0.39 is 0 Å². The molecule has 3 nitrogen and oxygen atoms in total. The first-order valence-electron chi connectivity index (χ1n) is 9.84. The van der Waals surface area contributed by atoms with E-state index in [0.29, 0.717) is 17.5 Å². The van der Waals surface area contributed by atoms with Crippen molar-refractivity contribution >= 4 is 11.0 Å². The highest BCUT2D eigenvalue weighted by Gasteiger charge is 2.24. The van der Waals surface area contributed by atoms with Gasteiger partial charge in [-0.1, -0.05) is 6.07 Å². The molecule has 25 heavy (non-hydrogen) atoms. The maximum atomic E-state index is 13.8. The summed E-state index contributed by atoms with van der Waals surface area (Å²) in [5.74, 6) is 1.14. The van der Waals surface area contributed by atoms with Gasteiger partial charge in [-0.3, -0.25) is 0 Å². The Kier molecular flexibility index (Phi) is 5.09. The molecule has 2 aromatic rings. The van der Waals surface area contributed by atoms with Crippen molar-refractivity contribution in [1.82, 2.24) is 4.90 Å². The Labute approximate surface area is 149 Å². The molecule has 0 radical (unpaired) electrons. The van der Waals surface area contributed by atoms with Crippen LogP contribution in [0.3, 0.4) is 0 Å². The topological polar surface area (TPSA) is 42.4 Å². The van der Waals surface area contributed by atoms with Gasteiger partial charge in [0.25, 0.3) is 0 Å². The number of hydrogen-bond donors (Lipinski definition) is 1. The molecule has 0 spiro atoms. The molecule has 2 N–H and O–H groups in total. The zero-order chi connectivity index (χ0) is 17.2. The van der Waals surface area contributed by atoms with Crippen LogP contribution >= 0.6 is 0 Å². The van der Waals surface area contributed by atoms with Crippen LogP contribution in [0.5, 0.6) is 0 Å². The first-order valence-corrected chi connectivity index (χ1v) is 9.84. The molecule has 0 amide bonds. The summed E-state index contributed by atoms with van der Waals surface area (Å²) >= 11 is 0. The van der Waals surface area contributed by atoms with Crippen molar-refractivity contribution < 1.29 is 8.81 Å². The Balaban J connectivity index is 1.31. The smallest absolute Gasteiger partial charge is 0.169 e. The lowest BCUT2D eigenvalue weighted by atomic mass is 9.84. The van der Waals surface area contributed by atoms with Crippen LogP contribution < -0.4 is 5.73 Å². The van der Waals surface area contributed by atoms with E-state index in [1.165, 1.54) is 44.2 Å². The Morgan fingerprint density at radius 3 is 2.56 bits per heavy atom. The molecule has 1 aliphatic heterocycles. The molecular weight excluding hydrogens is 315 g/mol. The number of nitrogens with zero attached hydrogens (tertiary/aromatic N) is 1. The fraction of sp³-hybridized carbons (Fsp3) is 0.619. The average Bonchev–Trinajstić information content (AvgIpc) is 3.13. The van der Waals surface area contributed by atoms with E-state index >= 15 is 0 Å². The van der Waals surface area contributed by atoms with E-state index in [9.17, 15) is 4.39 Å². The van der Waals surface area contributed by atoms with Crippen LogP contribution in [0.15, 0.2) is 28.9 Å². The molecular formula is C21H29FN2O. The molecule has 0 unspecified atom stereocenters. The summed E-state index contributed by atoms with van der Waals surface area (Å²) in [6, 6.07) is 5.87. The lowest BCUT2D eigenvalue weighted by Gasteiger charge is -2.34. The van der Waals surface area contributed by atoms with Gasteiger partial charge in [0.1, 0.15) is 0 Å². The molecule has 1 aromatic heterocycles. The summed E-state index contributed by atoms with van der Waals surface area (Å²) in [4.78, 5) is 2.61. The summed E-state index contributed by atoms with van der Waals surface area (Å²) < 4.78 is 19.1. The number of benzene rings is 1. The molecule has 1 saturated carbocycles. The van der Waals surface area contributed by atoms with E-state index in [2.05, 4.69) is 4.90 Å². The van der Waals surface area contributed by atoms with Crippen molar-refractivity contribution in [3.05, 3.63) is 35.8 Å². The third-order valence-corrected chi connectivity index (χ3v) is 6.37. The maximum Gasteiger partial charge on any atom is 0.169 e. The Morgan fingerprint density at radius 2 is 1.80 bits per heavy atom. The molecule has 4 heteroatoms. The van der Waals surface area contributed by atoms with Gasteiger partial charge >= 0.3 is 0 Å². The molecule has 136 valence electrons. The number of likely N-dealkylation sites (tertiary alicyclic amines) is 1. The maximum absolute atomic E-state index is 13.8. The zero-order valence-electron chi connectivity index (χ0n) is 14.9. The van der Waals surface area contributed by atoms with E-state index in [0.717, 1.165) is 37.2 Å². The quantitative estimate of drug-likeness (QED) is 0.877. The standard InChI is InChI=1S/C21H29FN2O/c22-20-6-5-18(19-10-14-25-21(19)20)16-8-12-24(13-9-16)11-7-15-1-3-17(23)4-2-15/h5-6,10,14-17H,1-4,7-9,11-13,23H2/t15-,17-. The molecule has 1 saturated heterocycles. The number of rotatable bonds is 4. The highest BCUT2D eigenvalue weighted by atomic mass is 19.1. The molecule has 2 heterocycles. The lowest BCUT2D eigenvalue weighted by molar-refractivity contribution is 0.187. The SMILES string of the molecule is N[C@H]1CC[C@H](CCN2CCC(c3ccc(F)c4occc34)CC2)CC1. The zero-order valence-corrected chi connectivity index (χ0v) is 14.9. The van der Waals surface area contributed by atoms with Crippen LogP contribution in [0.2, 0.25) is 0 Å². The minimum absolute atomic E-state index is 0.256. The van der Waals surface area contributed by atoms with Gasteiger partial charge in [-0.25, -0.2) is 4.39 Å². The summed E-state index contributed by atoms with van der Waals surface area (Å²) in [6.07, 6.45) is 10.3. The van der Waals surface area contributed by atoms with Crippen molar-refractivity contribution in [1.29, 1.82) is 0 Å². The predicted molar refractivity (Wildman–Crippen MR) is 99.1 cm³/mol. The normalized spacial score (nSPS) is 26.3. The van der Waals surface area contributed by atoms with Crippen LogP contribution in [0, 0.1) is 11.7 Å². The van der Waals surface area contributed by atoms with Crippen molar-refractivity contribution in [2.75, 3.05) is 19.6 Å². The first-order chi connectivity index (χ1) is 12.2. The minimum Gasteiger partial charge on any atom is -0.461 e. The van der Waals surface area contributed by atoms with Crippen LogP contribution in [-0.2, 0) is 0 Å². The Morgan fingerprint density at radius 1 is 1.04 bits per heavy atom. The Hall–Kier alpha value is -1.39. The average molecular weight is 344 g/mol. The Bertz CT molecular complexity index is 697. The summed E-state index contributed by atoms with van der Waals surface area (Å²) in [5.41, 5.74) is 7.67. The number of furan rings is 1. The molecule has 0 bridgehead atoms. The van der Waals surface area contributed by atoms with Crippen LogP contribution in [-0.4, -0.2) is 30.6 Å². The highest BCUT2D eigenvalue weighted by Crippen LogP contribution is 2.35. The fourth-order valence-electron chi connectivity index (χ4n) is 4.72. The number of nitrogens with two attached hydrogens (primary N) is 1. The molecule has 4 rings (SSSR count). The van der Waals surface area contributed by atoms with Crippen molar-refractivity contribution in [3.63, 3.8) is 0 Å². The van der Waals surface area contributed by atoms with Crippen molar-refractivity contribution in [2.24, 2.45) is 11.7 Å². The van der Waals surface area contributed by atoms with Gasteiger partial charge in [0, 0.05) is 11.4 Å². The summed E-state index contributed by atoms with van der Waals surface area (Å²) in [7, 11) is 0. The second-order valence-corrected chi connectivity index (χ2v) is 7.99. The molecule has 1 aromatic carbocycles. The minimum atomic E-state index is -0.256. The van der Waals surface area contributed by atoms with Crippen LogP contribution in [0.25, 0.3) is 11.0 Å². The second-order valence-electron chi connectivity index (χ2n) is 7.99. The molecule has 2 fully saturated rings. The van der Waals surface area contributed by atoms with Gasteiger partial charge in [0.2, 0.25) is 0 Å². The second kappa shape index (κ2) is 7.46. The number of piperidine rings is 1. The van der Waals surface area contributed by atoms with Crippen LogP contribution in [0.1, 0.15) is 56.4 Å². The van der Waals surface area contributed by atoms with E-state index in [1.807, 2.05) is 12.1 Å². The third-order valence-electron chi connectivity index (χ3n) is 6.37.